The maximum Gasteiger partial charge on any atom is 0.421 e. The van der Waals surface area contributed by atoms with Crippen LogP contribution in [0.15, 0.2) is 12.1 Å². The molecule has 2 saturated carbocycles. The molecule has 0 bridgehead atoms. The molecule has 2 aliphatic carbocycles. The normalized spacial score (nSPS) is 25.5. The van der Waals surface area contributed by atoms with Crippen LogP contribution in [0.5, 0.6) is 11.5 Å². The predicted octanol–water partition coefficient (Wildman–Crippen LogP) is 7.54. The Morgan fingerprint density at radius 2 is 1.56 bits per heavy atom. The molecule has 0 atom stereocenters. The van der Waals surface area contributed by atoms with Crippen molar-refractivity contribution in [3.8, 4) is 23.3 Å². The van der Waals surface area contributed by atoms with E-state index >= 15 is 0 Å². The van der Waals surface area contributed by atoms with E-state index in [2.05, 4.69) is 16.6 Å². The number of alkyl halides is 4. The van der Waals surface area contributed by atoms with Crippen molar-refractivity contribution in [1.29, 1.82) is 0 Å². The first kappa shape index (κ1) is 26.6. The Morgan fingerprint density at radius 1 is 0.971 bits per heavy atom. The van der Waals surface area contributed by atoms with E-state index in [0.717, 1.165) is 50.7 Å². The summed E-state index contributed by atoms with van der Waals surface area (Å²) in [6.07, 6.45) is 0.210. The molecule has 8 heteroatoms. The maximum atomic E-state index is 14.4. The molecule has 190 valence electrons. The second kappa shape index (κ2) is 12.1. The number of hydrogen-bond acceptors (Lipinski definition) is 3. The molecule has 3 rings (SSSR count). The largest absolute Gasteiger partial charge is 0.491 e. The SMILES string of the molecule is CC#CC1CCC(C2CCC(OCC(F)(F)Oc3ccc(OCC)c(F)c3C(F)F)CC2)CC1. The fourth-order valence-electron chi connectivity index (χ4n) is 5.19. The third kappa shape index (κ3) is 7.00. The molecule has 0 aromatic heterocycles. The number of hydrogen-bond donors (Lipinski definition) is 0. The Bertz CT molecular complexity index is 848. The van der Waals surface area contributed by atoms with Gasteiger partial charge in [0.05, 0.1) is 18.3 Å². The van der Waals surface area contributed by atoms with E-state index in [1.54, 1.807) is 6.92 Å². The maximum absolute atomic E-state index is 14.4. The van der Waals surface area contributed by atoms with E-state index in [1.165, 1.54) is 0 Å². The molecule has 3 nitrogen and oxygen atoms in total. The molecule has 1 aromatic carbocycles. The van der Waals surface area contributed by atoms with Crippen molar-refractivity contribution < 1.29 is 36.2 Å². The van der Waals surface area contributed by atoms with Crippen LogP contribution in [0, 0.1) is 35.4 Å². The second-order valence-corrected chi connectivity index (χ2v) is 9.12. The third-order valence-electron chi connectivity index (χ3n) is 6.87. The van der Waals surface area contributed by atoms with Gasteiger partial charge in [0.15, 0.2) is 18.2 Å². The Hall–Kier alpha value is -2.01. The van der Waals surface area contributed by atoms with E-state index in [0.29, 0.717) is 30.6 Å². The molecule has 0 saturated heterocycles. The summed E-state index contributed by atoms with van der Waals surface area (Å²) in [7, 11) is 0. The minimum absolute atomic E-state index is 0.0425. The standard InChI is InChI=1S/C26H33F5O3/c1-3-5-17-6-8-18(9-7-17)19-10-12-20(13-11-19)33-16-26(30,31)34-21-14-15-22(32-4-2)24(27)23(21)25(28)29/h14-15,17-20,25H,4,6-13,16H2,1-2H3. The van der Waals surface area contributed by atoms with Gasteiger partial charge in [0.1, 0.15) is 5.75 Å². The van der Waals surface area contributed by atoms with Crippen LogP contribution >= 0.6 is 0 Å². The second-order valence-electron chi connectivity index (χ2n) is 9.12. The van der Waals surface area contributed by atoms with Gasteiger partial charge in [-0.2, -0.15) is 8.78 Å². The Kier molecular flexibility index (Phi) is 9.47. The Morgan fingerprint density at radius 3 is 2.12 bits per heavy atom. The molecule has 0 aliphatic heterocycles. The van der Waals surface area contributed by atoms with Crippen LogP contribution in [0.3, 0.4) is 0 Å². The summed E-state index contributed by atoms with van der Waals surface area (Å²) in [6, 6.07) is 1.87. The zero-order valence-electron chi connectivity index (χ0n) is 19.7. The van der Waals surface area contributed by atoms with Crippen molar-refractivity contribution in [2.75, 3.05) is 13.2 Å². The fraction of sp³-hybridized carbons (Fsp3) is 0.692. The van der Waals surface area contributed by atoms with Crippen molar-refractivity contribution in [3.05, 3.63) is 23.5 Å². The van der Waals surface area contributed by atoms with E-state index in [1.807, 2.05) is 6.92 Å². The minimum atomic E-state index is -3.88. The lowest BCUT2D eigenvalue weighted by molar-refractivity contribution is -0.223. The highest BCUT2D eigenvalue weighted by Crippen LogP contribution is 2.41. The number of halogens is 5. The lowest BCUT2D eigenvalue weighted by Crippen LogP contribution is -2.35. The van der Waals surface area contributed by atoms with Gasteiger partial charge in [-0.3, -0.25) is 0 Å². The zero-order valence-corrected chi connectivity index (χ0v) is 19.7. The molecule has 0 N–H and O–H groups in total. The molecule has 2 fully saturated rings. The van der Waals surface area contributed by atoms with Crippen LogP contribution in [0.1, 0.15) is 77.2 Å². The van der Waals surface area contributed by atoms with Crippen LogP contribution in [-0.4, -0.2) is 25.4 Å². The van der Waals surface area contributed by atoms with Crippen molar-refractivity contribution in [1.82, 2.24) is 0 Å². The first-order valence-electron chi connectivity index (χ1n) is 12.1. The lowest BCUT2D eigenvalue weighted by Gasteiger charge is -2.37. The topological polar surface area (TPSA) is 27.7 Å². The van der Waals surface area contributed by atoms with Crippen molar-refractivity contribution in [2.45, 2.75) is 83.9 Å². The average Bonchev–Trinajstić information content (AvgIpc) is 2.80. The molecule has 0 spiro atoms. The fourth-order valence-corrected chi connectivity index (χ4v) is 5.19. The monoisotopic (exact) mass is 488 g/mol. The minimum Gasteiger partial charge on any atom is -0.491 e. The summed E-state index contributed by atoms with van der Waals surface area (Å²) in [4.78, 5) is 0. The van der Waals surface area contributed by atoms with E-state index in [4.69, 9.17) is 9.47 Å². The number of ether oxygens (including phenoxy) is 3. The molecule has 34 heavy (non-hydrogen) atoms. The number of benzene rings is 1. The predicted molar refractivity (Wildman–Crippen MR) is 119 cm³/mol. The van der Waals surface area contributed by atoms with Gasteiger partial charge in [-0.25, -0.2) is 13.2 Å². The van der Waals surface area contributed by atoms with Crippen molar-refractivity contribution in [3.63, 3.8) is 0 Å². The van der Waals surface area contributed by atoms with Crippen LogP contribution in [0.2, 0.25) is 0 Å². The molecule has 0 amide bonds. The lowest BCUT2D eigenvalue weighted by atomic mass is 9.71. The van der Waals surface area contributed by atoms with Gasteiger partial charge < -0.3 is 14.2 Å². The van der Waals surface area contributed by atoms with Crippen molar-refractivity contribution in [2.24, 2.45) is 17.8 Å². The highest BCUT2D eigenvalue weighted by atomic mass is 19.3. The van der Waals surface area contributed by atoms with Gasteiger partial charge in [-0.1, -0.05) is 0 Å². The molecule has 0 radical (unpaired) electrons. The van der Waals surface area contributed by atoms with Gasteiger partial charge >= 0.3 is 6.11 Å². The third-order valence-corrected chi connectivity index (χ3v) is 6.87. The molecule has 1 aromatic rings. The van der Waals surface area contributed by atoms with E-state index in [-0.39, 0.29) is 12.7 Å². The van der Waals surface area contributed by atoms with Crippen LogP contribution in [0.25, 0.3) is 0 Å². The Balaban J connectivity index is 1.50. The Labute approximate surface area is 198 Å². The van der Waals surface area contributed by atoms with Gasteiger partial charge in [0.25, 0.3) is 6.43 Å². The van der Waals surface area contributed by atoms with Gasteiger partial charge in [0.2, 0.25) is 0 Å². The zero-order chi connectivity index (χ0) is 24.7. The van der Waals surface area contributed by atoms with Gasteiger partial charge in [-0.15, -0.1) is 11.8 Å². The van der Waals surface area contributed by atoms with Crippen molar-refractivity contribution >= 4 is 0 Å². The summed E-state index contributed by atoms with van der Waals surface area (Å²) in [6.45, 7) is 2.38. The van der Waals surface area contributed by atoms with Crippen LogP contribution in [-0.2, 0) is 4.74 Å². The van der Waals surface area contributed by atoms with Gasteiger partial charge in [0, 0.05) is 5.92 Å². The number of rotatable bonds is 9. The molecule has 0 heterocycles. The van der Waals surface area contributed by atoms with Crippen LogP contribution < -0.4 is 9.47 Å². The van der Waals surface area contributed by atoms with E-state index < -0.39 is 42.0 Å². The smallest absolute Gasteiger partial charge is 0.421 e. The van der Waals surface area contributed by atoms with Gasteiger partial charge in [-0.05, 0) is 89.2 Å². The molecule has 2 aliphatic rings. The highest BCUT2D eigenvalue weighted by molar-refractivity contribution is 5.43. The molecule has 0 unspecified atom stereocenters. The molecular weight excluding hydrogens is 455 g/mol. The first-order chi connectivity index (χ1) is 16.2. The summed E-state index contributed by atoms with van der Waals surface area (Å²) in [5, 5.41) is 0. The summed E-state index contributed by atoms with van der Waals surface area (Å²) >= 11 is 0. The first-order valence-corrected chi connectivity index (χ1v) is 12.1. The van der Waals surface area contributed by atoms with E-state index in [9.17, 15) is 22.0 Å². The van der Waals surface area contributed by atoms with Crippen LogP contribution in [0.4, 0.5) is 22.0 Å². The average molecular weight is 489 g/mol. The highest BCUT2D eigenvalue weighted by Gasteiger charge is 2.38. The molecular formula is C26H33F5O3. The quantitative estimate of drug-likeness (QED) is 0.266. The summed E-state index contributed by atoms with van der Waals surface area (Å²) < 4.78 is 84.6. The summed E-state index contributed by atoms with van der Waals surface area (Å²) in [5.74, 6) is 5.23. The summed E-state index contributed by atoms with van der Waals surface area (Å²) in [5.41, 5.74) is -1.24.